The van der Waals surface area contributed by atoms with Crippen molar-refractivity contribution in [3.05, 3.63) is 12.2 Å². The van der Waals surface area contributed by atoms with Gasteiger partial charge in [0.25, 0.3) is 0 Å². The summed E-state index contributed by atoms with van der Waals surface area (Å²) in [5.74, 6) is 0.655. The van der Waals surface area contributed by atoms with E-state index in [0.717, 1.165) is 19.3 Å². The minimum absolute atomic E-state index is 0.0169. The minimum Gasteiger partial charge on any atom is -0.396 e. The first-order chi connectivity index (χ1) is 8.42. The highest BCUT2D eigenvalue weighted by atomic mass is 16.3. The van der Waals surface area contributed by atoms with Crippen LogP contribution in [0.4, 0.5) is 0 Å². The van der Waals surface area contributed by atoms with Crippen LogP contribution in [0.15, 0.2) is 12.2 Å². The van der Waals surface area contributed by atoms with Crippen LogP contribution in [0.25, 0.3) is 0 Å². The van der Waals surface area contributed by atoms with Crippen LogP contribution in [-0.4, -0.2) is 34.1 Å². The Kier molecular flexibility index (Phi) is 3.86. The zero-order valence-corrected chi connectivity index (χ0v) is 11.5. The summed E-state index contributed by atoms with van der Waals surface area (Å²) in [6.07, 6.45) is 2.30. The quantitative estimate of drug-likeness (QED) is 0.658. The smallest absolute Gasteiger partial charge is 0.0830 e. The van der Waals surface area contributed by atoms with E-state index in [-0.39, 0.29) is 23.9 Å². The van der Waals surface area contributed by atoms with Gasteiger partial charge in [0.2, 0.25) is 0 Å². The van der Waals surface area contributed by atoms with Gasteiger partial charge < -0.3 is 15.3 Å². The molecule has 2 aliphatic rings. The van der Waals surface area contributed by atoms with Crippen molar-refractivity contribution in [2.45, 2.75) is 51.7 Å². The molecule has 0 heterocycles. The van der Waals surface area contributed by atoms with Gasteiger partial charge in [-0.25, -0.2) is 0 Å². The second-order valence-corrected chi connectivity index (χ2v) is 6.48. The first-order valence-electron chi connectivity index (χ1n) is 7.04. The average Bonchev–Trinajstić information content (AvgIpc) is 2.78. The predicted molar refractivity (Wildman–Crippen MR) is 71.0 cm³/mol. The van der Waals surface area contributed by atoms with Crippen LogP contribution in [0.1, 0.15) is 39.5 Å². The van der Waals surface area contributed by atoms with Gasteiger partial charge in [0.05, 0.1) is 12.2 Å². The Hall–Kier alpha value is -0.380. The molecule has 0 aliphatic heterocycles. The Morgan fingerprint density at radius 1 is 1.39 bits per heavy atom. The van der Waals surface area contributed by atoms with Crippen molar-refractivity contribution in [3.63, 3.8) is 0 Å². The van der Waals surface area contributed by atoms with Gasteiger partial charge in [-0.1, -0.05) is 19.1 Å². The van der Waals surface area contributed by atoms with Crippen molar-refractivity contribution in [3.8, 4) is 0 Å². The van der Waals surface area contributed by atoms with Crippen LogP contribution < -0.4 is 0 Å². The van der Waals surface area contributed by atoms with Gasteiger partial charge in [-0.2, -0.15) is 0 Å². The van der Waals surface area contributed by atoms with Crippen molar-refractivity contribution in [1.82, 2.24) is 0 Å². The molecular formula is C15H26O3. The van der Waals surface area contributed by atoms with Crippen LogP contribution in [0.3, 0.4) is 0 Å². The number of hydrogen-bond acceptors (Lipinski definition) is 3. The number of aliphatic hydroxyl groups excluding tert-OH is 3. The van der Waals surface area contributed by atoms with E-state index in [1.165, 1.54) is 5.57 Å². The van der Waals surface area contributed by atoms with Crippen molar-refractivity contribution >= 4 is 0 Å². The largest absolute Gasteiger partial charge is 0.396 e. The lowest BCUT2D eigenvalue weighted by Gasteiger charge is -2.50. The van der Waals surface area contributed by atoms with Crippen molar-refractivity contribution < 1.29 is 15.3 Å². The molecule has 2 aliphatic carbocycles. The van der Waals surface area contributed by atoms with E-state index in [2.05, 4.69) is 13.5 Å². The molecule has 0 unspecified atom stereocenters. The molecule has 0 saturated heterocycles. The SMILES string of the molecule is C=C(C)[C@@H]1CC[C@@]2(C1)[C@@H](CO)C[C@@H](O)[C@H](O)[C@H]2C. The van der Waals surface area contributed by atoms with Gasteiger partial charge >= 0.3 is 0 Å². The van der Waals surface area contributed by atoms with Crippen LogP contribution >= 0.6 is 0 Å². The predicted octanol–water partition coefficient (Wildman–Crippen LogP) is 1.72. The van der Waals surface area contributed by atoms with Gasteiger partial charge in [0.1, 0.15) is 0 Å². The zero-order chi connectivity index (χ0) is 13.5. The third-order valence-corrected chi connectivity index (χ3v) is 5.65. The summed E-state index contributed by atoms with van der Waals surface area (Å²) in [4.78, 5) is 0. The molecule has 0 radical (unpaired) electrons. The third kappa shape index (κ3) is 2.02. The number of aliphatic hydroxyl groups is 3. The molecule has 3 N–H and O–H groups in total. The minimum atomic E-state index is -0.688. The summed E-state index contributed by atoms with van der Waals surface area (Å²) in [7, 11) is 0. The molecule has 2 rings (SSSR count). The second-order valence-electron chi connectivity index (χ2n) is 6.48. The van der Waals surface area contributed by atoms with Gasteiger partial charge in [-0.05, 0) is 55.8 Å². The zero-order valence-electron chi connectivity index (χ0n) is 11.5. The van der Waals surface area contributed by atoms with Crippen molar-refractivity contribution in [2.75, 3.05) is 6.61 Å². The van der Waals surface area contributed by atoms with E-state index in [1.54, 1.807) is 0 Å². The molecule has 0 bridgehead atoms. The summed E-state index contributed by atoms with van der Waals surface area (Å²) in [6, 6.07) is 0. The van der Waals surface area contributed by atoms with Crippen LogP contribution in [-0.2, 0) is 0 Å². The normalized spacial score (nSPS) is 48.6. The Balaban J connectivity index is 2.25. The number of rotatable bonds is 2. The molecule has 3 nitrogen and oxygen atoms in total. The maximum Gasteiger partial charge on any atom is 0.0830 e. The summed E-state index contributed by atoms with van der Waals surface area (Å²) in [5.41, 5.74) is 1.19. The van der Waals surface area contributed by atoms with Crippen LogP contribution in [0.2, 0.25) is 0 Å². The van der Waals surface area contributed by atoms with Gasteiger partial charge in [0, 0.05) is 6.61 Å². The lowest BCUT2D eigenvalue weighted by Crippen LogP contribution is -2.53. The molecule has 0 aromatic rings. The molecule has 0 amide bonds. The first kappa shape index (κ1) is 14.0. The number of allylic oxidation sites excluding steroid dienone is 1. The fourth-order valence-corrected chi connectivity index (χ4v) is 4.28. The molecule has 3 heteroatoms. The maximum absolute atomic E-state index is 10.2. The molecule has 18 heavy (non-hydrogen) atoms. The Morgan fingerprint density at radius 3 is 2.56 bits per heavy atom. The van der Waals surface area contributed by atoms with E-state index >= 15 is 0 Å². The summed E-state index contributed by atoms with van der Waals surface area (Å²) >= 11 is 0. The van der Waals surface area contributed by atoms with Crippen molar-refractivity contribution in [2.24, 2.45) is 23.2 Å². The summed E-state index contributed by atoms with van der Waals surface area (Å²) < 4.78 is 0. The fourth-order valence-electron chi connectivity index (χ4n) is 4.28. The molecule has 0 aromatic carbocycles. The molecule has 104 valence electrons. The Labute approximate surface area is 110 Å². The van der Waals surface area contributed by atoms with Gasteiger partial charge in [0.15, 0.2) is 0 Å². The van der Waals surface area contributed by atoms with Gasteiger partial charge in [-0.15, -0.1) is 0 Å². The molecule has 6 atom stereocenters. The highest BCUT2D eigenvalue weighted by Crippen LogP contribution is 2.58. The molecule has 2 saturated carbocycles. The third-order valence-electron chi connectivity index (χ3n) is 5.65. The molecule has 2 fully saturated rings. The Bertz CT molecular complexity index is 324. The van der Waals surface area contributed by atoms with E-state index in [1.807, 2.05) is 6.92 Å². The highest BCUT2D eigenvalue weighted by molar-refractivity contribution is 5.10. The lowest BCUT2D eigenvalue weighted by molar-refractivity contribution is -0.135. The van der Waals surface area contributed by atoms with E-state index in [4.69, 9.17) is 0 Å². The molecular weight excluding hydrogens is 228 g/mol. The first-order valence-corrected chi connectivity index (χ1v) is 7.04. The van der Waals surface area contributed by atoms with E-state index in [9.17, 15) is 15.3 Å². The Morgan fingerprint density at radius 2 is 2.06 bits per heavy atom. The number of hydrogen-bond donors (Lipinski definition) is 3. The second kappa shape index (κ2) is 4.95. The summed E-state index contributed by atoms with van der Waals surface area (Å²) in [6.45, 7) is 8.25. The topological polar surface area (TPSA) is 60.7 Å². The monoisotopic (exact) mass is 254 g/mol. The molecule has 1 spiro atoms. The lowest BCUT2D eigenvalue weighted by atomic mass is 9.57. The van der Waals surface area contributed by atoms with E-state index in [0.29, 0.717) is 12.3 Å². The van der Waals surface area contributed by atoms with E-state index < -0.39 is 12.2 Å². The van der Waals surface area contributed by atoms with Crippen LogP contribution in [0.5, 0.6) is 0 Å². The highest BCUT2D eigenvalue weighted by Gasteiger charge is 2.54. The fraction of sp³-hybridized carbons (Fsp3) is 0.867. The van der Waals surface area contributed by atoms with Crippen LogP contribution in [0, 0.1) is 23.2 Å². The van der Waals surface area contributed by atoms with Gasteiger partial charge in [-0.3, -0.25) is 0 Å². The maximum atomic E-state index is 10.2. The standard InChI is InChI=1S/C15H26O3/c1-9(2)11-4-5-15(7-11)10(3)14(18)13(17)6-12(15)8-16/h10-14,16-18H,1,4-8H2,2-3H3/t10-,11-,12-,13-,14-,15+/m1/s1. The summed E-state index contributed by atoms with van der Waals surface area (Å²) in [5, 5.41) is 29.7. The molecule has 0 aromatic heterocycles. The average molecular weight is 254 g/mol. The van der Waals surface area contributed by atoms with Crippen molar-refractivity contribution in [1.29, 1.82) is 0 Å².